The van der Waals surface area contributed by atoms with Crippen LogP contribution in [0, 0.1) is 5.92 Å². The van der Waals surface area contributed by atoms with Crippen molar-refractivity contribution in [1.82, 2.24) is 0 Å². The molecule has 0 aromatic heterocycles. The molecule has 1 heteroatoms. The van der Waals surface area contributed by atoms with Crippen LogP contribution in [0.3, 0.4) is 0 Å². The summed E-state index contributed by atoms with van der Waals surface area (Å²) >= 11 is 0. The molecule has 0 N–H and O–H groups in total. The molecule has 1 fully saturated rings. The zero-order valence-corrected chi connectivity index (χ0v) is 6.01. The fraction of sp³-hybridized carbons (Fsp3) is 1.00. The van der Waals surface area contributed by atoms with Gasteiger partial charge in [-0.3, -0.25) is 0 Å². The standard InChI is InChI=1S/C6H13P/c1-5-2-3-6(7)4-5/h5-6H,2-4,7H2,1H3/t5-,6+/m0/s1. The maximum absolute atomic E-state index is 2.90. The Morgan fingerprint density at radius 2 is 2.14 bits per heavy atom. The fourth-order valence-corrected chi connectivity index (χ4v) is 1.91. The third-order valence-electron chi connectivity index (χ3n) is 1.74. The predicted molar refractivity (Wildman–Crippen MR) is 36.5 cm³/mol. The topological polar surface area (TPSA) is 0 Å². The van der Waals surface area contributed by atoms with E-state index in [1.54, 1.807) is 0 Å². The van der Waals surface area contributed by atoms with Crippen LogP contribution in [-0.4, -0.2) is 5.66 Å². The molecule has 42 valence electrons. The molecular formula is C6H13P. The first-order valence-electron chi connectivity index (χ1n) is 3.04. The van der Waals surface area contributed by atoms with Crippen molar-refractivity contribution in [3.63, 3.8) is 0 Å². The molecule has 1 unspecified atom stereocenters. The van der Waals surface area contributed by atoms with Crippen molar-refractivity contribution in [2.75, 3.05) is 0 Å². The van der Waals surface area contributed by atoms with E-state index in [2.05, 4.69) is 16.2 Å². The third-order valence-corrected chi connectivity index (χ3v) is 2.34. The summed E-state index contributed by atoms with van der Waals surface area (Å²) in [4.78, 5) is 0. The first kappa shape index (κ1) is 5.56. The minimum absolute atomic E-state index is 0.940. The predicted octanol–water partition coefficient (Wildman–Crippen LogP) is 2.05. The van der Waals surface area contributed by atoms with Crippen molar-refractivity contribution < 1.29 is 0 Å². The second kappa shape index (κ2) is 2.13. The highest BCUT2D eigenvalue weighted by Gasteiger charge is 2.16. The summed E-state index contributed by atoms with van der Waals surface area (Å²) in [6.07, 6.45) is 4.32. The normalized spacial score (nSPS) is 42.0. The molecule has 0 heterocycles. The van der Waals surface area contributed by atoms with E-state index < -0.39 is 0 Å². The highest BCUT2D eigenvalue weighted by molar-refractivity contribution is 7.17. The molecule has 0 aliphatic heterocycles. The van der Waals surface area contributed by atoms with Gasteiger partial charge < -0.3 is 0 Å². The van der Waals surface area contributed by atoms with Crippen LogP contribution in [0.2, 0.25) is 0 Å². The molecule has 7 heavy (non-hydrogen) atoms. The fourth-order valence-electron chi connectivity index (χ4n) is 1.25. The van der Waals surface area contributed by atoms with Crippen molar-refractivity contribution in [2.24, 2.45) is 5.92 Å². The lowest BCUT2D eigenvalue weighted by Gasteiger charge is -1.96. The quantitative estimate of drug-likeness (QED) is 0.425. The lowest BCUT2D eigenvalue weighted by atomic mass is 10.1. The lowest BCUT2D eigenvalue weighted by Crippen LogP contribution is -1.86. The van der Waals surface area contributed by atoms with Gasteiger partial charge in [-0.15, -0.1) is 9.24 Å². The van der Waals surface area contributed by atoms with E-state index in [0.29, 0.717) is 0 Å². The van der Waals surface area contributed by atoms with Gasteiger partial charge in [0.15, 0.2) is 0 Å². The van der Waals surface area contributed by atoms with Crippen LogP contribution in [0.5, 0.6) is 0 Å². The molecule has 1 saturated carbocycles. The van der Waals surface area contributed by atoms with Crippen molar-refractivity contribution in [3.8, 4) is 0 Å². The van der Waals surface area contributed by atoms with E-state index in [9.17, 15) is 0 Å². The number of hydrogen-bond donors (Lipinski definition) is 0. The van der Waals surface area contributed by atoms with Gasteiger partial charge in [-0.05, 0) is 24.4 Å². The highest BCUT2D eigenvalue weighted by Crippen LogP contribution is 2.29. The molecular weight excluding hydrogens is 103 g/mol. The second-order valence-corrected chi connectivity index (χ2v) is 3.62. The largest absolute Gasteiger partial charge is 0.134 e. The molecule has 1 rings (SSSR count). The van der Waals surface area contributed by atoms with E-state index in [1.165, 1.54) is 19.3 Å². The van der Waals surface area contributed by atoms with E-state index in [-0.39, 0.29) is 0 Å². The average molecular weight is 116 g/mol. The van der Waals surface area contributed by atoms with Crippen LogP contribution < -0.4 is 0 Å². The Labute approximate surface area is 47.9 Å². The molecule has 0 amide bonds. The lowest BCUT2D eigenvalue weighted by molar-refractivity contribution is 0.613. The summed E-state index contributed by atoms with van der Waals surface area (Å²) in [7, 11) is 2.90. The molecule has 0 saturated heterocycles. The maximum Gasteiger partial charge on any atom is -0.0262 e. The van der Waals surface area contributed by atoms with Gasteiger partial charge in [-0.25, -0.2) is 0 Å². The highest BCUT2D eigenvalue weighted by atomic mass is 31.0. The van der Waals surface area contributed by atoms with Crippen LogP contribution in [0.4, 0.5) is 0 Å². The molecule has 0 nitrogen and oxygen atoms in total. The Balaban J connectivity index is 2.26. The maximum atomic E-state index is 2.90. The summed E-state index contributed by atoms with van der Waals surface area (Å²) < 4.78 is 0. The van der Waals surface area contributed by atoms with Crippen LogP contribution >= 0.6 is 9.24 Å². The molecule has 0 bridgehead atoms. The van der Waals surface area contributed by atoms with Gasteiger partial charge in [-0.2, -0.15) is 0 Å². The molecule has 3 atom stereocenters. The average Bonchev–Trinajstić information content (AvgIpc) is 1.87. The van der Waals surface area contributed by atoms with Crippen molar-refractivity contribution in [3.05, 3.63) is 0 Å². The number of hydrogen-bond acceptors (Lipinski definition) is 0. The minimum atomic E-state index is 0.940. The van der Waals surface area contributed by atoms with E-state index in [1.807, 2.05) is 0 Å². The zero-order chi connectivity index (χ0) is 5.28. The summed E-state index contributed by atoms with van der Waals surface area (Å²) in [6.45, 7) is 2.34. The summed E-state index contributed by atoms with van der Waals surface area (Å²) in [6, 6.07) is 0. The molecule has 1 aliphatic rings. The monoisotopic (exact) mass is 116 g/mol. The van der Waals surface area contributed by atoms with E-state index >= 15 is 0 Å². The van der Waals surface area contributed by atoms with Gasteiger partial charge in [-0.1, -0.05) is 13.3 Å². The third kappa shape index (κ3) is 1.42. The second-order valence-electron chi connectivity index (χ2n) is 2.68. The van der Waals surface area contributed by atoms with Crippen LogP contribution in [0.25, 0.3) is 0 Å². The zero-order valence-electron chi connectivity index (χ0n) is 4.85. The Morgan fingerprint density at radius 1 is 1.43 bits per heavy atom. The van der Waals surface area contributed by atoms with Crippen LogP contribution in [0.1, 0.15) is 26.2 Å². The SMILES string of the molecule is C[C@H]1CC[C@@H](P)C1. The van der Waals surface area contributed by atoms with Gasteiger partial charge in [0, 0.05) is 0 Å². The van der Waals surface area contributed by atoms with Crippen molar-refractivity contribution >= 4 is 9.24 Å². The summed E-state index contributed by atoms with van der Waals surface area (Å²) in [5, 5.41) is 0. The molecule has 0 aromatic rings. The van der Waals surface area contributed by atoms with Gasteiger partial charge in [0.2, 0.25) is 0 Å². The van der Waals surface area contributed by atoms with Gasteiger partial charge in [0.1, 0.15) is 0 Å². The molecule has 0 spiro atoms. The van der Waals surface area contributed by atoms with E-state index in [4.69, 9.17) is 0 Å². The molecule has 0 radical (unpaired) electrons. The van der Waals surface area contributed by atoms with E-state index in [0.717, 1.165) is 11.6 Å². The van der Waals surface area contributed by atoms with Crippen LogP contribution in [0.15, 0.2) is 0 Å². The smallest absolute Gasteiger partial charge is 0.0262 e. The Morgan fingerprint density at radius 3 is 2.29 bits per heavy atom. The van der Waals surface area contributed by atoms with Gasteiger partial charge >= 0.3 is 0 Å². The van der Waals surface area contributed by atoms with Gasteiger partial charge in [0.05, 0.1) is 0 Å². The number of rotatable bonds is 0. The van der Waals surface area contributed by atoms with Gasteiger partial charge in [0.25, 0.3) is 0 Å². The van der Waals surface area contributed by atoms with Crippen molar-refractivity contribution in [2.45, 2.75) is 31.8 Å². The van der Waals surface area contributed by atoms with Crippen molar-refractivity contribution in [1.29, 1.82) is 0 Å². The minimum Gasteiger partial charge on any atom is -0.134 e. The van der Waals surface area contributed by atoms with Crippen LogP contribution in [-0.2, 0) is 0 Å². The summed E-state index contributed by atoms with van der Waals surface area (Å²) in [5.74, 6) is 1.00. The Bertz CT molecular complexity index is 53.2. The Hall–Kier alpha value is 0.430. The Kier molecular flexibility index (Phi) is 1.69. The first-order valence-corrected chi connectivity index (χ1v) is 3.71. The summed E-state index contributed by atoms with van der Waals surface area (Å²) in [5.41, 5.74) is 0.940. The first-order chi connectivity index (χ1) is 3.29. The molecule has 1 aliphatic carbocycles. The molecule has 0 aromatic carbocycles.